The van der Waals surface area contributed by atoms with Crippen molar-refractivity contribution in [3.05, 3.63) is 11.1 Å². The highest BCUT2D eigenvalue weighted by molar-refractivity contribution is 6.06. The molecule has 0 amide bonds. The molecular formula is C11H17N. The van der Waals surface area contributed by atoms with E-state index in [1.165, 1.54) is 25.0 Å². The molecule has 0 unspecified atom stereocenters. The molecule has 0 fully saturated rings. The average molecular weight is 163 g/mol. The zero-order valence-electron chi connectivity index (χ0n) is 8.28. The summed E-state index contributed by atoms with van der Waals surface area (Å²) in [5, 5.41) is 0. The molecule has 1 aliphatic carbocycles. The SMILES string of the molecule is CC(C)(C)C1=NCC2=C1CCC2. The summed E-state index contributed by atoms with van der Waals surface area (Å²) in [4.78, 5) is 4.63. The largest absolute Gasteiger partial charge is 0.284 e. The van der Waals surface area contributed by atoms with Crippen LogP contribution in [0.3, 0.4) is 0 Å². The Morgan fingerprint density at radius 2 is 1.92 bits per heavy atom. The topological polar surface area (TPSA) is 12.4 Å². The molecule has 0 radical (unpaired) electrons. The lowest BCUT2D eigenvalue weighted by molar-refractivity contribution is 0.589. The van der Waals surface area contributed by atoms with Gasteiger partial charge in [-0.3, -0.25) is 4.99 Å². The van der Waals surface area contributed by atoms with E-state index >= 15 is 0 Å². The van der Waals surface area contributed by atoms with E-state index in [0.717, 1.165) is 6.54 Å². The summed E-state index contributed by atoms with van der Waals surface area (Å²) in [6.45, 7) is 7.79. The Bertz CT molecular complexity index is 263. The third-order valence-electron chi connectivity index (χ3n) is 2.76. The van der Waals surface area contributed by atoms with Crippen molar-refractivity contribution in [1.29, 1.82) is 0 Å². The standard InChI is InChI=1S/C11H17N/c1-11(2,3)10-9-6-4-5-8(9)7-12-10/h4-7H2,1-3H3. The summed E-state index contributed by atoms with van der Waals surface area (Å²) >= 11 is 0. The third kappa shape index (κ3) is 1.12. The van der Waals surface area contributed by atoms with Crippen LogP contribution in [0, 0.1) is 5.41 Å². The normalized spacial score (nSPS) is 23.1. The van der Waals surface area contributed by atoms with Crippen molar-refractivity contribution in [2.45, 2.75) is 40.0 Å². The van der Waals surface area contributed by atoms with Crippen LogP contribution in [0.5, 0.6) is 0 Å². The molecule has 0 bridgehead atoms. The van der Waals surface area contributed by atoms with Gasteiger partial charge < -0.3 is 0 Å². The average Bonchev–Trinajstić information content (AvgIpc) is 2.37. The molecule has 12 heavy (non-hydrogen) atoms. The van der Waals surface area contributed by atoms with E-state index in [1.807, 2.05) is 0 Å². The fourth-order valence-corrected chi connectivity index (χ4v) is 2.23. The molecule has 0 atom stereocenters. The highest BCUT2D eigenvalue weighted by Gasteiger charge is 2.30. The van der Waals surface area contributed by atoms with Crippen LogP contribution in [0.25, 0.3) is 0 Å². The third-order valence-corrected chi connectivity index (χ3v) is 2.76. The molecule has 1 heteroatoms. The molecule has 0 aromatic heterocycles. The van der Waals surface area contributed by atoms with Gasteiger partial charge in [0.25, 0.3) is 0 Å². The van der Waals surface area contributed by atoms with Gasteiger partial charge in [0.2, 0.25) is 0 Å². The molecule has 0 aromatic carbocycles. The summed E-state index contributed by atoms with van der Waals surface area (Å²) in [7, 11) is 0. The van der Waals surface area contributed by atoms with Gasteiger partial charge in [-0.25, -0.2) is 0 Å². The minimum absolute atomic E-state index is 0.265. The summed E-state index contributed by atoms with van der Waals surface area (Å²) in [6.07, 6.45) is 3.95. The van der Waals surface area contributed by atoms with Gasteiger partial charge in [-0.2, -0.15) is 0 Å². The van der Waals surface area contributed by atoms with E-state index < -0.39 is 0 Å². The Kier molecular flexibility index (Phi) is 1.64. The quantitative estimate of drug-likeness (QED) is 0.520. The van der Waals surface area contributed by atoms with Crippen molar-refractivity contribution in [1.82, 2.24) is 0 Å². The van der Waals surface area contributed by atoms with Crippen molar-refractivity contribution in [3.63, 3.8) is 0 Å². The first-order valence-electron chi connectivity index (χ1n) is 4.85. The van der Waals surface area contributed by atoms with E-state index in [4.69, 9.17) is 0 Å². The second-order valence-corrected chi connectivity index (χ2v) is 4.85. The highest BCUT2D eigenvalue weighted by atomic mass is 14.8. The lowest BCUT2D eigenvalue weighted by Gasteiger charge is -2.20. The van der Waals surface area contributed by atoms with Gasteiger partial charge in [-0.1, -0.05) is 20.8 Å². The molecule has 0 spiro atoms. The predicted molar refractivity (Wildman–Crippen MR) is 52.6 cm³/mol. The lowest BCUT2D eigenvalue weighted by Crippen LogP contribution is -2.20. The number of aliphatic imine (C=N–C) groups is 1. The fourth-order valence-electron chi connectivity index (χ4n) is 2.23. The number of allylic oxidation sites excluding steroid dienone is 1. The highest BCUT2D eigenvalue weighted by Crippen LogP contribution is 2.37. The summed E-state index contributed by atoms with van der Waals surface area (Å²) < 4.78 is 0. The van der Waals surface area contributed by atoms with E-state index in [0.29, 0.717) is 0 Å². The Hall–Kier alpha value is -0.590. The van der Waals surface area contributed by atoms with Crippen LogP contribution in [0.1, 0.15) is 40.0 Å². The molecule has 1 aliphatic heterocycles. The Balaban J connectivity index is 2.30. The smallest absolute Gasteiger partial charge is 0.0609 e. The summed E-state index contributed by atoms with van der Waals surface area (Å²) in [6, 6.07) is 0. The van der Waals surface area contributed by atoms with Gasteiger partial charge in [-0.05, 0) is 30.4 Å². The van der Waals surface area contributed by atoms with Gasteiger partial charge in [0.1, 0.15) is 0 Å². The van der Waals surface area contributed by atoms with Crippen molar-refractivity contribution in [3.8, 4) is 0 Å². The van der Waals surface area contributed by atoms with E-state index in [-0.39, 0.29) is 5.41 Å². The van der Waals surface area contributed by atoms with Crippen molar-refractivity contribution < 1.29 is 0 Å². The van der Waals surface area contributed by atoms with Crippen LogP contribution in [0.2, 0.25) is 0 Å². The first-order valence-corrected chi connectivity index (χ1v) is 4.85. The maximum absolute atomic E-state index is 4.63. The van der Waals surface area contributed by atoms with Crippen LogP contribution in [-0.4, -0.2) is 12.3 Å². The zero-order valence-corrected chi connectivity index (χ0v) is 8.28. The number of hydrogen-bond donors (Lipinski definition) is 0. The van der Waals surface area contributed by atoms with E-state index in [1.54, 1.807) is 11.1 Å². The maximum Gasteiger partial charge on any atom is 0.0609 e. The zero-order chi connectivity index (χ0) is 8.77. The van der Waals surface area contributed by atoms with Crippen LogP contribution >= 0.6 is 0 Å². The molecule has 66 valence electrons. The lowest BCUT2D eigenvalue weighted by atomic mass is 9.85. The van der Waals surface area contributed by atoms with Gasteiger partial charge in [0, 0.05) is 11.1 Å². The second kappa shape index (κ2) is 2.45. The molecule has 0 aromatic rings. The summed E-state index contributed by atoms with van der Waals surface area (Å²) in [5.41, 5.74) is 4.87. The first kappa shape index (κ1) is 8.03. The van der Waals surface area contributed by atoms with E-state index in [2.05, 4.69) is 25.8 Å². The van der Waals surface area contributed by atoms with Crippen LogP contribution in [0.15, 0.2) is 16.1 Å². The van der Waals surface area contributed by atoms with E-state index in [9.17, 15) is 0 Å². The minimum Gasteiger partial charge on any atom is -0.284 e. The Morgan fingerprint density at radius 1 is 1.17 bits per heavy atom. The van der Waals surface area contributed by atoms with Crippen LogP contribution in [0.4, 0.5) is 0 Å². The molecule has 1 heterocycles. The molecular weight excluding hydrogens is 146 g/mol. The van der Waals surface area contributed by atoms with Gasteiger partial charge in [0.15, 0.2) is 0 Å². The van der Waals surface area contributed by atoms with Crippen molar-refractivity contribution in [2.24, 2.45) is 10.4 Å². The molecule has 2 aliphatic rings. The fraction of sp³-hybridized carbons (Fsp3) is 0.727. The van der Waals surface area contributed by atoms with Gasteiger partial charge >= 0.3 is 0 Å². The number of hydrogen-bond acceptors (Lipinski definition) is 1. The minimum atomic E-state index is 0.265. The Labute approximate surface area is 74.6 Å². The van der Waals surface area contributed by atoms with Crippen molar-refractivity contribution >= 4 is 5.71 Å². The van der Waals surface area contributed by atoms with Crippen LogP contribution in [-0.2, 0) is 0 Å². The molecule has 0 saturated carbocycles. The monoisotopic (exact) mass is 163 g/mol. The predicted octanol–water partition coefficient (Wildman–Crippen LogP) is 2.97. The molecule has 1 nitrogen and oxygen atoms in total. The number of rotatable bonds is 0. The second-order valence-electron chi connectivity index (χ2n) is 4.85. The van der Waals surface area contributed by atoms with Gasteiger partial charge in [-0.15, -0.1) is 0 Å². The van der Waals surface area contributed by atoms with Gasteiger partial charge in [0.05, 0.1) is 6.54 Å². The summed E-state index contributed by atoms with van der Waals surface area (Å²) in [5.74, 6) is 0. The number of nitrogens with zero attached hydrogens (tertiary/aromatic N) is 1. The molecule has 0 saturated heterocycles. The van der Waals surface area contributed by atoms with Crippen molar-refractivity contribution in [2.75, 3.05) is 6.54 Å². The molecule has 2 rings (SSSR count). The Morgan fingerprint density at radius 3 is 2.58 bits per heavy atom. The molecule has 0 N–H and O–H groups in total. The maximum atomic E-state index is 4.63. The van der Waals surface area contributed by atoms with Crippen LogP contribution < -0.4 is 0 Å². The first-order chi connectivity index (χ1) is 5.59.